The minimum atomic E-state index is -0.459. The summed E-state index contributed by atoms with van der Waals surface area (Å²) in [5, 5.41) is 14.0. The molecule has 0 spiro atoms. The van der Waals surface area contributed by atoms with Crippen LogP contribution in [0.3, 0.4) is 0 Å². The molecule has 2 aromatic rings. The highest BCUT2D eigenvalue weighted by Crippen LogP contribution is 2.32. The number of rotatable bonds is 6. The van der Waals surface area contributed by atoms with Crippen LogP contribution in [0, 0.1) is 10.1 Å². The van der Waals surface area contributed by atoms with E-state index in [4.69, 9.17) is 4.74 Å². The topological polar surface area (TPSA) is 77.3 Å². The van der Waals surface area contributed by atoms with Crippen LogP contribution in [-0.4, -0.2) is 16.5 Å². The average Bonchev–Trinajstić information content (AvgIpc) is 2.47. The second-order valence-electron chi connectivity index (χ2n) is 4.28. The Balaban J connectivity index is 2.21. The van der Waals surface area contributed by atoms with Gasteiger partial charge >= 0.3 is 0 Å². The lowest BCUT2D eigenvalue weighted by molar-refractivity contribution is -0.384. The zero-order valence-electron chi connectivity index (χ0n) is 11.4. The highest BCUT2D eigenvalue weighted by Gasteiger charge is 2.11. The molecule has 0 amide bonds. The smallest absolute Gasteiger partial charge is 0.273 e. The Bertz CT molecular complexity index is 649. The molecule has 2 rings (SSSR count). The molecule has 21 heavy (non-hydrogen) atoms. The molecule has 1 aromatic carbocycles. The van der Waals surface area contributed by atoms with Gasteiger partial charge in [0.15, 0.2) is 0 Å². The normalized spacial score (nSPS) is 10.4. The van der Waals surface area contributed by atoms with Gasteiger partial charge in [-0.15, -0.1) is 0 Å². The van der Waals surface area contributed by atoms with Crippen molar-refractivity contribution in [1.82, 2.24) is 10.3 Å². The van der Waals surface area contributed by atoms with Crippen LogP contribution in [-0.2, 0) is 6.54 Å². The van der Waals surface area contributed by atoms with Crippen molar-refractivity contribution in [3.63, 3.8) is 0 Å². The monoisotopic (exact) mass is 351 g/mol. The Hall–Kier alpha value is -1.99. The van der Waals surface area contributed by atoms with Crippen LogP contribution in [0.15, 0.2) is 41.1 Å². The van der Waals surface area contributed by atoms with Gasteiger partial charge in [-0.3, -0.25) is 15.1 Å². The van der Waals surface area contributed by atoms with E-state index >= 15 is 0 Å². The SMILES string of the molecule is CCNCc1cncc(Oc2cc([N+](=O)[O-])ccc2Br)c1. The molecule has 6 nitrogen and oxygen atoms in total. The van der Waals surface area contributed by atoms with Crippen LogP contribution in [0.25, 0.3) is 0 Å². The Morgan fingerprint density at radius 2 is 2.19 bits per heavy atom. The van der Waals surface area contributed by atoms with Crippen LogP contribution in [0.4, 0.5) is 5.69 Å². The first-order valence-electron chi connectivity index (χ1n) is 6.36. The zero-order valence-corrected chi connectivity index (χ0v) is 13.0. The molecule has 0 aliphatic heterocycles. The molecule has 1 N–H and O–H groups in total. The van der Waals surface area contributed by atoms with E-state index in [0.717, 1.165) is 12.1 Å². The molecule has 0 unspecified atom stereocenters. The molecular formula is C14H14BrN3O3. The van der Waals surface area contributed by atoms with E-state index in [1.165, 1.54) is 12.1 Å². The molecule has 0 aliphatic rings. The van der Waals surface area contributed by atoms with E-state index in [9.17, 15) is 10.1 Å². The van der Waals surface area contributed by atoms with E-state index in [1.807, 2.05) is 13.0 Å². The lowest BCUT2D eigenvalue weighted by atomic mass is 10.2. The van der Waals surface area contributed by atoms with Crippen molar-refractivity contribution in [2.45, 2.75) is 13.5 Å². The molecule has 110 valence electrons. The molecular weight excluding hydrogens is 338 g/mol. The number of non-ortho nitro benzene ring substituents is 1. The van der Waals surface area contributed by atoms with Crippen molar-refractivity contribution >= 4 is 21.6 Å². The number of nitrogens with zero attached hydrogens (tertiary/aromatic N) is 2. The van der Waals surface area contributed by atoms with E-state index in [0.29, 0.717) is 22.5 Å². The summed E-state index contributed by atoms with van der Waals surface area (Å²) in [6.45, 7) is 3.58. The highest BCUT2D eigenvalue weighted by molar-refractivity contribution is 9.10. The second-order valence-corrected chi connectivity index (χ2v) is 5.14. The van der Waals surface area contributed by atoms with Crippen LogP contribution >= 0.6 is 15.9 Å². The first-order chi connectivity index (χ1) is 10.1. The fraction of sp³-hybridized carbons (Fsp3) is 0.214. The lowest BCUT2D eigenvalue weighted by Gasteiger charge is -2.09. The summed E-state index contributed by atoms with van der Waals surface area (Å²) in [5.41, 5.74) is 0.959. The molecule has 0 saturated carbocycles. The molecule has 1 heterocycles. The van der Waals surface area contributed by atoms with Gasteiger partial charge in [-0.2, -0.15) is 0 Å². The summed E-state index contributed by atoms with van der Waals surface area (Å²) in [7, 11) is 0. The van der Waals surface area contributed by atoms with Crippen molar-refractivity contribution in [1.29, 1.82) is 0 Å². The van der Waals surface area contributed by atoms with Gasteiger partial charge in [0.05, 0.1) is 21.7 Å². The molecule has 7 heteroatoms. The van der Waals surface area contributed by atoms with E-state index in [1.54, 1.807) is 18.5 Å². The van der Waals surface area contributed by atoms with Crippen molar-refractivity contribution in [3.05, 3.63) is 56.8 Å². The number of hydrogen-bond acceptors (Lipinski definition) is 5. The van der Waals surface area contributed by atoms with Crippen molar-refractivity contribution in [2.75, 3.05) is 6.54 Å². The quantitative estimate of drug-likeness (QED) is 0.634. The van der Waals surface area contributed by atoms with E-state index < -0.39 is 4.92 Å². The summed E-state index contributed by atoms with van der Waals surface area (Å²) in [6, 6.07) is 6.22. The number of nitro benzene ring substituents is 1. The maximum Gasteiger partial charge on any atom is 0.273 e. The Kier molecular flexibility index (Phi) is 5.24. The summed E-state index contributed by atoms with van der Waals surface area (Å²) in [5.74, 6) is 0.915. The van der Waals surface area contributed by atoms with Gasteiger partial charge < -0.3 is 10.1 Å². The summed E-state index contributed by atoms with van der Waals surface area (Å²) >= 11 is 3.32. The van der Waals surface area contributed by atoms with E-state index in [-0.39, 0.29) is 5.69 Å². The van der Waals surface area contributed by atoms with Crippen LogP contribution in [0.1, 0.15) is 12.5 Å². The largest absolute Gasteiger partial charge is 0.454 e. The number of ether oxygens (including phenoxy) is 1. The van der Waals surface area contributed by atoms with Gasteiger partial charge in [0.2, 0.25) is 0 Å². The maximum absolute atomic E-state index is 10.8. The number of pyridine rings is 1. The van der Waals surface area contributed by atoms with E-state index in [2.05, 4.69) is 26.2 Å². The number of benzene rings is 1. The number of hydrogen-bond donors (Lipinski definition) is 1. The van der Waals surface area contributed by atoms with Crippen molar-refractivity contribution in [3.8, 4) is 11.5 Å². The molecule has 0 aliphatic carbocycles. The highest BCUT2D eigenvalue weighted by atomic mass is 79.9. The third-order valence-electron chi connectivity index (χ3n) is 2.70. The molecule has 0 radical (unpaired) electrons. The summed E-state index contributed by atoms with van der Waals surface area (Å²) in [4.78, 5) is 14.5. The predicted octanol–water partition coefficient (Wildman–Crippen LogP) is 3.65. The first-order valence-corrected chi connectivity index (χ1v) is 7.16. The third-order valence-corrected chi connectivity index (χ3v) is 3.36. The fourth-order valence-corrected chi connectivity index (χ4v) is 2.02. The maximum atomic E-state index is 10.8. The Morgan fingerprint density at radius 3 is 2.90 bits per heavy atom. The molecule has 0 atom stereocenters. The third kappa shape index (κ3) is 4.24. The molecule has 0 saturated heterocycles. The minimum absolute atomic E-state index is 0.0232. The predicted molar refractivity (Wildman–Crippen MR) is 82.5 cm³/mol. The Labute approximate surface area is 130 Å². The van der Waals surface area contributed by atoms with Gasteiger partial charge in [0.1, 0.15) is 11.5 Å². The van der Waals surface area contributed by atoms with Gasteiger partial charge in [-0.05, 0) is 40.2 Å². The Morgan fingerprint density at radius 1 is 1.38 bits per heavy atom. The summed E-state index contributed by atoms with van der Waals surface area (Å²) in [6.07, 6.45) is 3.32. The number of nitro groups is 1. The van der Waals surface area contributed by atoms with Crippen LogP contribution in [0.5, 0.6) is 11.5 Å². The average molecular weight is 352 g/mol. The van der Waals surface area contributed by atoms with Crippen molar-refractivity contribution in [2.24, 2.45) is 0 Å². The second kappa shape index (κ2) is 7.14. The number of nitrogens with one attached hydrogen (secondary N) is 1. The zero-order chi connectivity index (χ0) is 15.2. The minimum Gasteiger partial charge on any atom is -0.454 e. The van der Waals surface area contributed by atoms with Gasteiger partial charge in [0, 0.05) is 18.8 Å². The van der Waals surface area contributed by atoms with Crippen LogP contribution < -0.4 is 10.1 Å². The lowest BCUT2D eigenvalue weighted by Crippen LogP contribution is -2.11. The molecule has 1 aromatic heterocycles. The van der Waals surface area contributed by atoms with Crippen LogP contribution in [0.2, 0.25) is 0 Å². The molecule has 0 fully saturated rings. The number of halogens is 1. The van der Waals surface area contributed by atoms with Gasteiger partial charge in [-0.1, -0.05) is 6.92 Å². The van der Waals surface area contributed by atoms with Gasteiger partial charge in [-0.25, -0.2) is 0 Å². The van der Waals surface area contributed by atoms with Gasteiger partial charge in [0.25, 0.3) is 5.69 Å². The summed E-state index contributed by atoms with van der Waals surface area (Å²) < 4.78 is 6.32. The fourth-order valence-electron chi connectivity index (χ4n) is 1.70. The standard InChI is InChI=1S/C14H14BrN3O3/c1-2-16-7-10-5-12(9-17-8-10)21-14-6-11(18(19)20)3-4-13(14)15/h3-6,8-9,16H,2,7H2,1H3. The first kappa shape index (κ1) is 15.4. The van der Waals surface area contributed by atoms with Crippen molar-refractivity contribution < 1.29 is 9.66 Å². The molecule has 0 bridgehead atoms. The number of aromatic nitrogens is 1.